The molecular formula is C17H16N4O. The van der Waals surface area contributed by atoms with E-state index in [0.29, 0.717) is 17.9 Å². The van der Waals surface area contributed by atoms with Crippen LogP contribution < -0.4 is 11.1 Å². The molecule has 0 radical (unpaired) electrons. The van der Waals surface area contributed by atoms with Crippen molar-refractivity contribution in [1.29, 1.82) is 0 Å². The van der Waals surface area contributed by atoms with Gasteiger partial charge in [-0.15, -0.1) is 0 Å². The Morgan fingerprint density at radius 2 is 2.09 bits per heavy atom. The van der Waals surface area contributed by atoms with Crippen LogP contribution in [0.2, 0.25) is 0 Å². The monoisotopic (exact) mass is 292 g/mol. The fourth-order valence-corrected chi connectivity index (χ4v) is 2.37. The highest BCUT2D eigenvalue weighted by Crippen LogP contribution is 2.24. The van der Waals surface area contributed by atoms with Gasteiger partial charge in [-0.3, -0.25) is 9.78 Å². The third kappa shape index (κ3) is 2.74. The van der Waals surface area contributed by atoms with Crippen molar-refractivity contribution in [2.24, 2.45) is 0 Å². The molecule has 0 saturated carbocycles. The second-order valence-electron chi connectivity index (χ2n) is 5.10. The summed E-state index contributed by atoms with van der Waals surface area (Å²) in [7, 11) is 0. The van der Waals surface area contributed by atoms with Gasteiger partial charge in [0.05, 0.1) is 0 Å². The zero-order valence-corrected chi connectivity index (χ0v) is 12.2. The molecule has 0 fully saturated rings. The third-order valence-electron chi connectivity index (χ3n) is 3.43. The number of nitrogens with zero attached hydrogens (tertiary/aromatic N) is 2. The summed E-state index contributed by atoms with van der Waals surface area (Å²) < 4.78 is 0. The van der Waals surface area contributed by atoms with E-state index in [2.05, 4.69) is 15.3 Å². The molecule has 0 unspecified atom stereocenters. The molecule has 0 aliphatic rings. The number of anilines is 1. The highest BCUT2D eigenvalue weighted by molar-refractivity contribution is 6.08. The summed E-state index contributed by atoms with van der Waals surface area (Å²) in [5, 5.41) is 4.48. The fourth-order valence-electron chi connectivity index (χ4n) is 2.37. The minimum absolute atomic E-state index is 0.219. The van der Waals surface area contributed by atoms with Crippen molar-refractivity contribution >= 4 is 22.4 Å². The van der Waals surface area contributed by atoms with Crippen molar-refractivity contribution in [1.82, 2.24) is 15.3 Å². The molecule has 0 aliphatic carbocycles. The molecular weight excluding hydrogens is 276 g/mol. The number of hydrogen-bond donors (Lipinski definition) is 2. The first-order valence-electron chi connectivity index (χ1n) is 6.98. The van der Waals surface area contributed by atoms with Crippen LogP contribution >= 0.6 is 0 Å². The maximum absolute atomic E-state index is 12.5. The molecule has 5 heteroatoms. The third-order valence-corrected chi connectivity index (χ3v) is 3.43. The number of aryl methyl sites for hydroxylation is 1. The summed E-state index contributed by atoms with van der Waals surface area (Å²) in [6.07, 6.45) is 3.42. The van der Waals surface area contributed by atoms with Crippen LogP contribution in [0.1, 0.15) is 21.7 Å². The van der Waals surface area contributed by atoms with Crippen molar-refractivity contribution in [3.05, 3.63) is 65.7 Å². The molecule has 0 bridgehead atoms. The number of benzene rings is 1. The largest absolute Gasteiger partial charge is 0.398 e. The Kier molecular flexibility index (Phi) is 3.70. The van der Waals surface area contributed by atoms with Crippen LogP contribution in [0, 0.1) is 6.92 Å². The maximum atomic E-state index is 12.5. The summed E-state index contributed by atoms with van der Waals surface area (Å²) >= 11 is 0. The van der Waals surface area contributed by atoms with E-state index in [1.165, 1.54) is 0 Å². The minimum atomic E-state index is -0.219. The standard InChI is InChI=1S/C17H16N4O/c1-11-8-14-13(5-2-6-15(14)18)16(21-11)17(22)20-10-12-4-3-7-19-9-12/h2-9H,10,18H2,1H3,(H,20,22). The van der Waals surface area contributed by atoms with Gasteiger partial charge in [0, 0.05) is 41.1 Å². The Bertz CT molecular complexity index is 831. The predicted molar refractivity (Wildman–Crippen MR) is 86.3 cm³/mol. The fraction of sp³-hybridized carbons (Fsp3) is 0.118. The molecule has 0 spiro atoms. The number of rotatable bonds is 3. The Morgan fingerprint density at radius 3 is 2.86 bits per heavy atom. The summed E-state index contributed by atoms with van der Waals surface area (Å²) in [6.45, 7) is 2.26. The van der Waals surface area contributed by atoms with Gasteiger partial charge in [-0.1, -0.05) is 18.2 Å². The first kappa shape index (κ1) is 14.0. The van der Waals surface area contributed by atoms with E-state index in [1.807, 2.05) is 43.3 Å². The van der Waals surface area contributed by atoms with E-state index >= 15 is 0 Å². The topological polar surface area (TPSA) is 80.9 Å². The van der Waals surface area contributed by atoms with Gasteiger partial charge in [0.25, 0.3) is 5.91 Å². The van der Waals surface area contributed by atoms with Gasteiger partial charge in [0.2, 0.25) is 0 Å². The van der Waals surface area contributed by atoms with Crippen LogP contribution in [0.25, 0.3) is 10.8 Å². The molecule has 110 valence electrons. The second kappa shape index (κ2) is 5.81. The molecule has 3 aromatic rings. The maximum Gasteiger partial charge on any atom is 0.270 e. The number of carbonyl (C=O) groups excluding carboxylic acids is 1. The van der Waals surface area contributed by atoms with Crippen molar-refractivity contribution in [2.45, 2.75) is 13.5 Å². The van der Waals surface area contributed by atoms with E-state index in [9.17, 15) is 4.79 Å². The summed E-state index contributed by atoms with van der Waals surface area (Å²) in [5.74, 6) is -0.219. The average molecular weight is 292 g/mol. The zero-order chi connectivity index (χ0) is 15.5. The van der Waals surface area contributed by atoms with Crippen LogP contribution in [-0.4, -0.2) is 15.9 Å². The number of nitrogens with one attached hydrogen (secondary N) is 1. The molecule has 5 nitrogen and oxygen atoms in total. The second-order valence-corrected chi connectivity index (χ2v) is 5.10. The molecule has 3 rings (SSSR count). The van der Waals surface area contributed by atoms with Crippen molar-refractivity contribution in [3.63, 3.8) is 0 Å². The lowest BCUT2D eigenvalue weighted by molar-refractivity contribution is 0.0947. The highest BCUT2D eigenvalue weighted by atomic mass is 16.1. The number of carbonyl (C=O) groups is 1. The van der Waals surface area contributed by atoms with Crippen molar-refractivity contribution in [3.8, 4) is 0 Å². The van der Waals surface area contributed by atoms with Crippen LogP contribution in [0.3, 0.4) is 0 Å². The molecule has 0 atom stereocenters. The van der Waals surface area contributed by atoms with Crippen LogP contribution in [0.4, 0.5) is 5.69 Å². The van der Waals surface area contributed by atoms with Gasteiger partial charge in [0.15, 0.2) is 0 Å². The predicted octanol–water partition coefficient (Wildman–Crippen LogP) is 2.45. The van der Waals surface area contributed by atoms with Gasteiger partial charge in [-0.2, -0.15) is 0 Å². The van der Waals surface area contributed by atoms with Gasteiger partial charge in [-0.05, 0) is 30.7 Å². The van der Waals surface area contributed by atoms with Crippen molar-refractivity contribution < 1.29 is 4.79 Å². The molecule has 1 aromatic carbocycles. The number of fused-ring (bicyclic) bond motifs is 1. The lowest BCUT2D eigenvalue weighted by atomic mass is 10.1. The number of aromatic nitrogens is 2. The quantitative estimate of drug-likeness (QED) is 0.727. The average Bonchev–Trinajstić information content (AvgIpc) is 2.54. The molecule has 1 amide bonds. The van der Waals surface area contributed by atoms with Crippen LogP contribution in [0.15, 0.2) is 48.8 Å². The van der Waals surface area contributed by atoms with Gasteiger partial charge < -0.3 is 11.1 Å². The van der Waals surface area contributed by atoms with Gasteiger partial charge in [0.1, 0.15) is 5.69 Å². The van der Waals surface area contributed by atoms with E-state index in [4.69, 9.17) is 5.73 Å². The normalized spacial score (nSPS) is 10.6. The molecule has 3 N–H and O–H groups in total. The Hall–Kier alpha value is -2.95. The Morgan fingerprint density at radius 1 is 1.23 bits per heavy atom. The number of pyridine rings is 2. The molecule has 0 aliphatic heterocycles. The minimum Gasteiger partial charge on any atom is -0.398 e. The number of amides is 1. The summed E-state index contributed by atoms with van der Waals surface area (Å²) in [4.78, 5) is 20.9. The Balaban J connectivity index is 1.92. The zero-order valence-electron chi connectivity index (χ0n) is 12.2. The summed E-state index contributed by atoms with van der Waals surface area (Å²) in [6, 6.07) is 11.1. The smallest absolute Gasteiger partial charge is 0.270 e. The highest BCUT2D eigenvalue weighted by Gasteiger charge is 2.13. The van der Waals surface area contributed by atoms with E-state index in [-0.39, 0.29) is 5.91 Å². The lowest BCUT2D eigenvalue weighted by Gasteiger charge is -2.10. The van der Waals surface area contributed by atoms with E-state index in [0.717, 1.165) is 22.0 Å². The molecule has 22 heavy (non-hydrogen) atoms. The van der Waals surface area contributed by atoms with Gasteiger partial charge >= 0.3 is 0 Å². The van der Waals surface area contributed by atoms with Crippen LogP contribution in [-0.2, 0) is 6.54 Å². The number of hydrogen-bond acceptors (Lipinski definition) is 4. The van der Waals surface area contributed by atoms with Crippen molar-refractivity contribution in [2.75, 3.05) is 5.73 Å². The van der Waals surface area contributed by atoms with E-state index in [1.54, 1.807) is 12.4 Å². The first-order valence-corrected chi connectivity index (χ1v) is 6.98. The SMILES string of the molecule is Cc1cc2c(N)cccc2c(C(=O)NCc2cccnc2)n1. The molecule has 2 heterocycles. The number of nitrogens with two attached hydrogens (primary N) is 1. The molecule has 2 aromatic heterocycles. The van der Waals surface area contributed by atoms with E-state index < -0.39 is 0 Å². The lowest BCUT2D eigenvalue weighted by Crippen LogP contribution is -2.24. The first-order chi connectivity index (χ1) is 10.6. The van der Waals surface area contributed by atoms with Crippen LogP contribution in [0.5, 0.6) is 0 Å². The molecule has 0 saturated heterocycles. The summed E-state index contributed by atoms with van der Waals surface area (Å²) in [5.41, 5.74) is 8.73. The Labute approximate surface area is 128 Å². The van der Waals surface area contributed by atoms with Gasteiger partial charge in [-0.25, -0.2) is 4.98 Å². The number of nitrogen functional groups attached to an aromatic ring is 1.